The average molecular weight is 477 g/mol. The summed E-state index contributed by atoms with van der Waals surface area (Å²) in [7, 11) is 0. The highest BCUT2D eigenvalue weighted by atomic mass is 32.1. The van der Waals surface area contributed by atoms with Gasteiger partial charge in [0.1, 0.15) is 0 Å². The molecule has 1 heterocycles. The molecule has 0 saturated heterocycles. The average Bonchev–Trinajstić information content (AvgIpc) is 3.31. The van der Waals surface area contributed by atoms with Crippen molar-refractivity contribution in [3.8, 4) is 10.4 Å². The van der Waals surface area contributed by atoms with E-state index in [1.807, 2.05) is 11.3 Å². The van der Waals surface area contributed by atoms with Crippen LogP contribution >= 0.6 is 11.3 Å². The predicted molar refractivity (Wildman–Crippen MR) is 152 cm³/mol. The number of hydrogen-bond acceptors (Lipinski definition) is 1. The number of thiophene rings is 1. The minimum atomic E-state index is -0.112. The van der Waals surface area contributed by atoms with Crippen LogP contribution in [0.1, 0.15) is 55.4 Å². The van der Waals surface area contributed by atoms with Crippen molar-refractivity contribution in [3.63, 3.8) is 0 Å². The lowest BCUT2D eigenvalue weighted by molar-refractivity contribution is 0.298. The standard InChI is InChI=1S/C34H36S/c1-31(2,3)24-17-22-12-13-23-18-25(32(4,5)6)20-29-27-16-21(30-10-9-15-35-30)11-14-26(27)28(19-24)33(22,7)34(23,29)8/h9-20H,1-8H3/t33-,34-/m0/s1. The Labute approximate surface area is 214 Å². The molecule has 35 heavy (non-hydrogen) atoms. The first kappa shape index (κ1) is 22.8. The van der Waals surface area contributed by atoms with Gasteiger partial charge in [-0.05, 0) is 77.8 Å². The lowest BCUT2D eigenvalue weighted by Gasteiger charge is -2.57. The van der Waals surface area contributed by atoms with Gasteiger partial charge in [-0.1, -0.05) is 110 Å². The van der Waals surface area contributed by atoms with E-state index in [1.165, 1.54) is 54.3 Å². The zero-order valence-electron chi connectivity index (χ0n) is 22.3. The van der Waals surface area contributed by atoms with Crippen LogP contribution in [0.3, 0.4) is 0 Å². The third kappa shape index (κ3) is 2.97. The molecule has 6 rings (SSSR count). The summed E-state index contributed by atoms with van der Waals surface area (Å²) in [6.07, 6.45) is 14.8. The van der Waals surface area contributed by atoms with Crippen LogP contribution < -0.4 is 10.4 Å². The molecule has 4 aliphatic rings. The second kappa shape index (κ2) is 6.98. The maximum atomic E-state index is 2.53. The Morgan fingerprint density at radius 1 is 0.657 bits per heavy atom. The van der Waals surface area contributed by atoms with Gasteiger partial charge in [0.25, 0.3) is 0 Å². The molecule has 0 aliphatic heterocycles. The van der Waals surface area contributed by atoms with Crippen LogP contribution in [0.15, 0.2) is 94.5 Å². The topological polar surface area (TPSA) is 0 Å². The molecule has 1 heteroatoms. The van der Waals surface area contributed by atoms with Gasteiger partial charge in [0, 0.05) is 15.7 Å². The molecule has 0 saturated carbocycles. The maximum absolute atomic E-state index is 2.53. The highest BCUT2D eigenvalue weighted by Gasteiger charge is 2.57. The lowest BCUT2D eigenvalue weighted by atomic mass is 9.45. The zero-order valence-corrected chi connectivity index (χ0v) is 23.2. The van der Waals surface area contributed by atoms with Gasteiger partial charge in [-0.2, -0.15) is 0 Å². The summed E-state index contributed by atoms with van der Waals surface area (Å²) in [6, 6.07) is 11.6. The van der Waals surface area contributed by atoms with Gasteiger partial charge in [0.2, 0.25) is 0 Å². The van der Waals surface area contributed by atoms with Crippen molar-refractivity contribution in [1.82, 2.24) is 0 Å². The summed E-state index contributed by atoms with van der Waals surface area (Å²) in [5.41, 5.74) is 9.95. The van der Waals surface area contributed by atoms with Crippen molar-refractivity contribution in [2.24, 2.45) is 21.7 Å². The number of allylic oxidation sites excluding steroid dienone is 10. The van der Waals surface area contributed by atoms with Crippen LogP contribution in [-0.2, 0) is 0 Å². The number of hydrogen-bond donors (Lipinski definition) is 0. The maximum Gasteiger partial charge on any atom is 0.0342 e. The van der Waals surface area contributed by atoms with Crippen molar-refractivity contribution >= 4 is 22.5 Å². The third-order valence-electron chi connectivity index (χ3n) is 9.03. The molecular weight excluding hydrogens is 440 g/mol. The van der Waals surface area contributed by atoms with Crippen LogP contribution in [-0.4, -0.2) is 0 Å². The lowest BCUT2D eigenvalue weighted by Crippen LogP contribution is -2.54. The number of benzene rings is 1. The molecule has 0 unspecified atom stereocenters. The van der Waals surface area contributed by atoms with Crippen molar-refractivity contribution in [3.05, 3.63) is 105 Å². The molecule has 0 N–H and O–H groups in total. The van der Waals surface area contributed by atoms with E-state index in [1.54, 1.807) is 0 Å². The van der Waals surface area contributed by atoms with E-state index in [0.717, 1.165) is 0 Å². The van der Waals surface area contributed by atoms with E-state index in [9.17, 15) is 0 Å². The van der Waals surface area contributed by atoms with Crippen LogP contribution in [0, 0.1) is 21.7 Å². The van der Waals surface area contributed by atoms with Crippen LogP contribution in [0.5, 0.6) is 0 Å². The van der Waals surface area contributed by atoms with Gasteiger partial charge in [-0.3, -0.25) is 0 Å². The van der Waals surface area contributed by atoms with Crippen LogP contribution in [0.25, 0.3) is 21.6 Å². The van der Waals surface area contributed by atoms with Gasteiger partial charge in [-0.15, -0.1) is 11.3 Å². The van der Waals surface area contributed by atoms with E-state index < -0.39 is 0 Å². The molecule has 2 atom stereocenters. The quantitative estimate of drug-likeness (QED) is 0.390. The minimum Gasteiger partial charge on any atom is -0.144 e. The molecule has 0 radical (unpaired) electrons. The summed E-state index contributed by atoms with van der Waals surface area (Å²) in [5, 5.41) is 4.98. The van der Waals surface area contributed by atoms with E-state index >= 15 is 0 Å². The van der Waals surface area contributed by atoms with Crippen molar-refractivity contribution < 1.29 is 0 Å². The Kier molecular flexibility index (Phi) is 4.55. The Balaban J connectivity index is 1.83. The summed E-state index contributed by atoms with van der Waals surface area (Å²) in [6.45, 7) is 19.0. The van der Waals surface area contributed by atoms with E-state index in [4.69, 9.17) is 0 Å². The highest BCUT2D eigenvalue weighted by molar-refractivity contribution is 7.13. The molecule has 178 valence electrons. The molecule has 0 amide bonds. The van der Waals surface area contributed by atoms with Gasteiger partial charge < -0.3 is 0 Å². The van der Waals surface area contributed by atoms with E-state index in [2.05, 4.69) is 128 Å². The molecule has 0 nitrogen and oxygen atoms in total. The molecule has 0 fully saturated rings. The van der Waals surface area contributed by atoms with Crippen molar-refractivity contribution in [2.75, 3.05) is 0 Å². The largest absolute Gasteiger partial charge is 0.144 e. The smallest absolute Gasteiger partial charge is 0.0342 e. The van der Waals surface area contributed by atoms with Gasteiger partial charge in [0.05, 0.1) is 0 Å². The van der Waals surface area contributed by atoms with Gasteiger partial charge in [-0.25, -0.2) is 0 Å². The normalized spacial score (nSPS) is 27.0. The molecular formula is C34H36S. The summed E-state index contributed by atoms with van der Waals surface area (Å²) >= 11 is 1.82. The Morgan fingerprint density at radius 2 is 1.20 bits per heavy atom. The SMILES string of the molecule is CC(C)(C)C1=CC2=c3ccc(-c4cccs4)cc3=C3C=C(C(C)(C)C)C=C4C=CC(=C1)[C@]2(C)[C@@]43C. The molecule has 1 aromatic heterocycles. The zero-order chi connectivity index (χ0) is 25.0. The second-order valence-electron chi connectivity index (χ2n) is 13.0. The van der Waals surface area contributed by atoms with Gasteiger partial charge >= 0.3 is 0 Å². The molecule has 4 aliphatic carbocycles. The first-order valence-corrected chi connectivity index (χ1v) is 13.7. The highest BCUT2D eigenvalue weighted by Crippen LogP contribution is 2.66. The molecule has 0 bridgehead atoms. The van der Waals surface area contributed by atoms with E-state index in [0.29, 0.717) is 0 Å². The first-order valence-electron chi connectivity index (χ1n) is 12.9. The monoisotopic (exact) mass is 476 g/mol. The Bertz CT molecular complexity index is 1550. The second-order valence-corrected chi connectivity index (χ2v) is 14.0. The fourth-order valence-electron chi connectivity index (χ4n) is 6.50. The first-order chi connectivity index (χ1) is 16.3. The van der Waals surface area contributed by atoms with E-state index in [-0.39, 0.29) is 21.7 Å². The van der Waals surface area contributed by atoms with Gasteiger partial charge in [0.15, 0.2) is 0 Å². The fourth-order valence-corrected chi connectivity index (χ4v) is 7.23. The van der Waals surface area contributed by atoms with Crippen molar-refractivity contribution in [1.29, 1.82) is 0 Å². The molecule has 0 spiro atoms. The van der Waals surface area contributed by atoms with Crippen LogP contribution in [0.2, 0.25) is 0 Å². The molecule has 2 aromatic rings. The summed E-state index contributed by atoms with van der Waals surface area (Å²) in [5.74, 6) is 0. The predicted octanol–water partition coefficient (Wildman–Crippen LogP) is 8.14. The minimum absolute atomic E-state index is 0.0909. The summed E-state index contributed by atoms with van der Waals surface area (Å²) < 4.78 is 0. The fraction of sp³-hybridized carbons (Fsp3) is 0.353. The molecule has 1 aromatic carbocycles. The summed E-state index contributed by atoms with van der Waals surface area (Å²) in [4.78, 5) is 1.34. The number of rotatable bonds is 1. The van der Waals surface area contributed by atoms with Crippen molar-refractivity contribution in [2.45, 2.75) is 55.4 Å². The Hall–Kier alpha value is -2.64. The Morgan fingerprint density at radius 3 is 1.69 bits per heavy atom. The third-order valence-corrected chi connectivity index (χ3v) is 9.95. The van der Waals surface area contributed by atoms with Crippen LogP contribution in [0.4, 0.5) is 0 Å². The number of fused-ring (bicyclic) bond motifs is 1.